The minimum Gasteiger partial charge on any atom is -0.476 e. The summed E-state index contributed by atoms with van der Waals surface area (Å²) in [5.41, 5.74) is -0.117. The topological polar surface area (TPSA) is 72.3 Å². The Morgan fingerprint density at radius 1 is 1.18 bits per heavy atom. The highest BCUT2D eigenvalue weighted by molar-refractivity contribution is 9.10. The molecule has 0 aliphatic carbocycles. The zero-order valence-corrected chi connectivity index (χ0v) is 10.1. The number of hydrogen-bond acceptors (Lipinski definition) is 4. The molecule has 0 spiro atoms. The van der Waals surface area contributed by atoms with Crippen LogP contribution in [0.1, 0.15) is 10.5 Å². The third kappa shape index (κ3) is 3.01. The van der Waals surface area contributed by atoms with Gasteiger partial charge >= 0.3 is 5.97 Å². The van der Waals surface area contributed by atoms with Crippen molar-refractivity contribution in [1.29, 1.82) is 0 Å². The fourth-order valence-electron chi connectivity index (χ4n) is 1.10. The molecular weight excluding hydrogens is 288 g/mol. The highest BCUT2D eigenvalue weighted by atomic mass is 79.9. The minimum atomic E-state index is -1.12. The van der Waals surface area contributed by atoms with Crippen molar-refractivity contribution in [3.8, 4) is 11.6 Å². The van der Waals surface area contributed by atoms with Crippen molar-refractivity contribution in [1.82, 2.24) is 9.97 Å². The summed E-state index contributed by atoms with van der Waals surface area (Å²) in [4.78, 5) is 18.1. The monoisotopic (exact) mass is 294 g/mol. The molecule has 5 nitrogen and oxygen atoms in total. The molecule has 0 amide bonds. The Hall–Kier alpha value is -1.95. The zero-order valence-electron chi connectivity index (χ0n) is 8.50. The lowest BCUT2D eigenvalue weighted by molar-refractivity contribution is 0.0690. The van der Waals surface area contributed by atoms with Crippen LogP contribution in [0.2, 0.25) is 0 Å². The van der Waals surface area contributed by atoms with Crippen molar-refractivity contribution < 1.29 is 14.6 Å². The van der Waals surface area contributed by atoms with Gasteiger partial charge in [0.15, 0.2) is 5.69 Å². The molecule has 86 valence electrons. The Balaban J connectivity index is 2.13. The van der Waals surface area contributed by atoms with E-state index in [1.54, 1.807) is 12.1 Å². The first-order chi connectivity index (χ1) is 8.15. The predicted molar refractivity (Wildman–Crippen MR) is 63.2 cm³/mol. The SMILES string of the molecule is O=C(O)c1cnc(Oc2ccc(Br)cc2)cn1. The number of carbonyl (C=O) groups is 1. The van der Waals surface area contributed by atoms with Crippen molar-refractivity contribution >= 4 is 21.9 Å². The van der Waals surface area contributed by atoms with Crippen molar-refractivity contribution in [2.24, 2.45) is 0 Å². The first-order valence-electron chi connectivity index (χ1n) is 4.64. The van der Waals surface area contributed by atoms with Gasteiger partial charge in [-0.3, -0.25) is 0 Å². The zero-order chi connectivity index (χ0) is 12.3. The first-order valence-corrected chi connectivity index (χ1v) is 5.43. The van der Waals surface area contributed by atoms with Gasteiger partial charge in [-0.15, -0.1) is 0 Å². The molecule has 0 aliphatic rings. The molecule has 2 rings (SSSR count). The number of nitrogens with zero attached hydrogens (tertiary/aromatic N) is 2. The third-order valence-electron chi connectivity index (χ3n) is 1.88. The molecule has 0 radical (unpaired) electrons. The molecular formula is C11H7BrN2O3. The lowest BCUT2D eigenvalue weighted by atomic mass is 10.3. The summed E-state index contributed by atoms with van der Waals surface area (Å²) in [6.07, 6.45) is 2.42. The van der Waals surface area contributed by atoms with Crippen LogP contribution in [-0.4, -0.2) is 21.0 Å². The van der Waals surface area contributed by atoms with Gasteiger partial charge in [0.2, 0.25) is 5.88 Å². The number of carboxylic acid groups (broad SMARTS) is 1. The average Bonchev–Trinajstić information content (AvgIpc) is 2.33. The number of benzene rings is 1. The van der Waals surface area contributed by atoms with E-state index >= 15 is 0 Å². The van der Waals surface area contributed by atoms with Crippen LogP contribution in [0.5, 0.6) is 11.6 Å². The van der Waals surface area contributed by atoms with E-state index in [9.17, 15) is 4.79 Å². The van der Waals surface area contributed by atoms with E-state index in [0.717, 1.165) is 10.7 Å². The van der Waals surface area contributed by atoms with Gasteiger partial charge in [-0.1, -0.05) is 15.9 Å². The lowest BCUT2D eigenvalue weighted by Crippen LogP contribution is -2.01. The van der Waals surface area contributed by atoms with Crippen molar-refractivity contribution in [2.75, 3.05) is 0 Å². The quantitative estimate of drug-likeness (QED) is 0.942. The summed E-state index contributed by atoms with van der Waals surface area (Å²) < 4.78 is 6.32. The van der Waals surface area contributed by atoms with Gasteiger partial charge in [0, 0.05) is 4.47 Å². The second-order valence-corrected chi connectivity index (χ2v) is 4.02. The van der Waals surface area contributed by atoms with Crippen molar-refractivity contribution in [2.45, 2.75) is 0 Å². The summed E-state index contributed by atoms with van der Waals surface area (Å²) in [6.45, 7) is 0. The minimum absolute atomic E-state index is 0.117. The van der Waals surface area contributed by atoms with Gasteiger partial charge in [-0.05, 0) is 24.3 Å². The Kier molecular flexibility index (Phi) is 3.34. The molecule has 2 aromatic rings. The van der Waals surface area contributed by atoms with E-state index in [1.807, 2.05) is 12.1 Å². The van der Waals surface area contributed by atoms with Crippen molar-refractivity contribution in [3.05, 3.63) is 46.8 Å². The second kappa shape index (κ2) is 4.92. The van der Waals surface area contributed by atoms with Gasteiger partial charge in [0.05, 0.1) is 12.4 Å². The molecule has 0 fully saturated rings. The smallest absolute Gasteiger partial charge is 0.356 e. The summed E-state index contributed by atoms with van der Waals surface area (Å²) >= 11 is 3.31. The Morgan fingerprint density at radius 2 is 1.88 bits per heavy atom. The molecule has 1 N–H and O–H groups in total. The first kappa shape index (κ1) is 11.5. The maximum atomic E-state index is 10.6. The molecule has 1 aromatic carbocycles. The molecule has 0 unspecified atom stereocenters. The molecule has 0 aliphatic heterocycles. The molecule has 0 saturated heterocycles. The number of rotatable bonds is 3. The van der Waals surface area contributed by atoms with Gasteiger partial charge in [-0.25, -0.2) is 14.8 Å². The van der Waals surface area contributed by atoms with E-state index in [2.05, 4.69) is 25.9 Å². The summed E-state index contributed by atoms with van der Waals surface area (Å²) in [5.74, 6) is -0.268. The van der Waals surface area contributed by atoms with Crippen LogP contribution in [0.3, 0.4) is 0 Å². The number of carboxylic acids is 1. The summed E-state index contributed by atoms with van der Waals surface area (Å²) in [6, 6.07) is 7.18. The molecule has 0 bridgehead atoms. The van der Waals surface area contributed by atoms with E-state index < -0.39 is 5.97 Å². The predicted octanol–water partition coefficient (Wildman–Crippen LogP) is 2.73. The van der Waals surface area contributed by atoms with E-state index in [1.165, 1.54) is 6.20 Å². The Morgan fingerprint density at radius 3 is 2.41 bits per heavy atom. The number of aromatic carboxylic acids is 1. The molecule has 1 heterocycles. The van der Waals surface area contributed by atoms with Crippen LogP contribution in [0.4, 0.5) is 0 Å². The standard InChI is InChI=1S/C11H7BrN2O3/c12-7-1-3-8(4-2-7)17-10-6-13-9(5-14-10)11(15)16/h1-6H,(H,15,16). The Labute approximate surface area is 105 Å². The largest absolute Gasteiger partial charge is 0.476 e. The van der Waals surface area contributed by atoms with Gasteiger partial charge in [0.25, 0.3) is 0 Å². The maximum Gasteiger partial charge on any atom is 0.356 e. The van der Waals surface area contributed by atoms with Crippen molar-refractivity contribution in [3.63, 3.8) is 0 Å². The van der Waals surface area contributed by atoms with Crippen LogP contribution in [0, 0.1) is 0 Å². The summed E-state index contributed by atoms with van der Waals surface area (Å²) in [5, 5.41) is 8.65. The van der Waals surface area contributed by atoms with E-state index in [4.69, 9.17) is 9.84 Å². The molecule has 6 heteroatoms. The van der Waals surface area contributed by atoms with E-state index in [-0.39, 0.29) is 11.6 Å². The second-order valence-electron chi connectivity index (χ2n) is 3.10. The number of aromatic nitrogens is 2. The normalized spacial score (nSPS) is 9.94. The molecule has 17 heavy (non-hydrogen) atoms. The fourth-order valence-corrected chi connectivity index (χ4v) is 1.37. The van der Waals surface area contributed by atoms with Crippen LogP contribution < -0.4 is 4.74 Å². The number of halogens is 1. The molecule has 0 saturated carbocycles. The molecule has 0 atom stereocenters. The van der Waals surface area contributed by atoms with Gasteiger partial charge in [0.1, 0.15) is 5.75 Å². The Bertz CT molecular complexity index is 525. The highest BCUT2D eigenvalue weighted by Gasteiger charge is 2.05. The third-order valence-corrected chi connectivity index (χ3v) is 2.41. The van der Waals surface area contributed by atoms with Crippen LogP contribution in [-0.2, 0) is 0 Å². The summed E-state index contributed by atoms with van der Waals surface area (Å²) in [7, 11) is 0. The average molecular weight is 295 g/mol. The number of hydrogen-bond donors (Lipinski definition) is 1. The van der Waals surface area contributed by atoms with Crippen LogP contribution >= 0.6 is 15.9 Å². The van der Waals surface area contributed by atoms with Gasteiger partial charge < -0.3 is 9.84 Å². The van der Waals surface area contributed by atoms with Gasteiger partial charge in [-0.2, -0.15) is 0 Å². The van der Waals surface area contributed by atoms with Crippen LogP contribution in [0.25, 0.3) is 0 Å². The fraction of sp³-hybridized carbons (Fsp3) is 0. The number of ether oxygens (including phenoxy) is 1. The lowest BCUT2D eigenvalue weighted by Gasteiger charge is -2.03. The van der Waals surface area contributed by atoms with Crippen LogP contribution in [0.15, 0.2) is 41.1 Å². The van der Waals surface area contributed by atoms with E-state index in [0.29, 0.717) is 5.75 Å². The highest BCUT2D eigenvalue weighted by Crippen LogP contribution is 2.20. The maximum absolute atomic E-state index is 10.6. The molecule has 1 aromatic heterocycles.